The Bertz CT molecular complexity index is 134. The Morgan fingerprint density at radius 1 is 1.27 bits per heavy atom. The van der Waals surface area contributed by atoms with Crippen molar-refractivity contribution in [1.29, 1.82) is 0 Å². The van der Waals surface area contributed by atoms with E-state index in [1.807, 2.05) is 0 Å². The lowest BCUT2D eigenvalue weighted by atomic mass is 10.3. The smallest absolute Gasteiger partial charge is 0.0700 e. The molecule has 0 amide bonds. The Morgan fingerprint density at radius 2 is 2.00 bits per heavy atom. The van der Waals surface area contributed by atoms with Crippen LogP contribution in [-0.2, 0) is 9.47 Å². The summed E-state index contributed by atoms with van der Waals surface area (Å²) in [7, 11) is 3.82. The van der Waals surface area contributed by atoms with Crippen LogP contribution in [0.3, 0.4) is 0 Å². The molecule has 0 saturated heterocycles. The van der Waals surface area contributed by atoms with Gasteiger partial charge in [-0.1, -0.05) is 6.92 Å². The van der Waals surface area contributed by atoms with Crippen molar-refractivity contribution in [2.75, 3.05) is 53.6 Å². The number of likely N-dealkylation sites (N-methyl/N-ethyl adjacent to an activating group) is 1. The molecule has 4 heteroatoms. The summed E-state index contributed by atoms with van der Waals surface area (Å²) in [4.78, 5) is 2.30. The SMILES string of the molecule is CCN(C)CC(C)NCCOCCOC. The summed E-state index contributed by atoms with van der Waals surface area (Å²) in [5.74, 6) is 0. The topological polar surface area (TPSA) is 33.7 Å². The number of rotatable bonds is 10. The van der Waals surface area contributed by atoms with Gasteiger partial charge >= 0.3 is 0 Å². The molecule has 1 N–H and O–H groups in total. The van der Waals surface area contributed by atoms with Gasteiger partial charge in [0.05, 0.1) is 19.8 Å². The highest BCUT2D eigenvalue weighted by Crippen LogP contribution is 1.87. The number of methoxy groups -OCH3 is 1. The zero-order valence-electron chi connectivity index (χ0n) is 10.6. The largest absolute Gasteiger partial charge is 0.382 e. The molecule has 0 aliphatic carbocycles. The van der Waals surface area contributed by atoms with Crippen molar-refractivity contribution < 1.29 is 9.47 Å². The first-order valence-corrected chi connectivity index (χ1v) is 5.69. The van der Waals surface area contributed by atoms with E-state index in [2.05, 4.69) is 31.1 Å². The van der Waals surface area contributed by atoms with Crippen molar-refractivity contribution in [3.63, 3.8) is 0 Å². The third-order valence-corrected chi connectivity index (χ3v) is 2.30. The van der Waals surface area contributed by atoms with Crippen LogP contribution in [0.4, 0.5) is 0 Å². The molecule has 0 rings (SSSR count). The van der Waals surface area contributed by atoms with Crippen molar-refractivity contribution in [2.24, 2.45) is 0 Å². The summed E-state index contributed by atoms with van der Waals surface area (Å²) in [5, 5.41) is 3.42. The average Bonchev–Trinajstić information content (AvgIpc) is 2.23. The van der Waals surface area contributed by atoms with Gasteiger partial charge in [-0.15, -0.1) is 0 Å². The second-order valence-corrected chi connectivity index (χ2v) is 3.82. The van der Waals surface area contributed by atoms with Gasteiger partial charge in [0, 0.05) is 26.2 Å². The summed E-state index contributed by atoms with van der Waals surface area (Å²) in [6.07, 6.45) is 0. The molecule has 0 bridgehead atoms. The second-order valence-electron chi connectivity index (χ2n) is 3.82. The summed E-state index contributed by atoms with van der Waals surface area (Å²) < 4.78 is 10.2. The highest BCUT2D eigenvalue weighted by Gasteiger charge is 2.03. The van der Waals surface area contributed by atoms with E-state index >= 15 is 0 Å². The standard InChI is InChI=1S/C11H26N2O2/c1-5-13(3)10-11(2)12-6-7-15-9-8-14-4/h11-12H,5-10H2,1-4H3. The van der Waals surface area contributed by atoms with E-state index in [-0.39, 0.29) is 0 Å². The molecule has 0 aromatic rings. The third-order valence-electron chi connectivity index (χ3n) is 2.30. The summed E-state index contributed by atoms with van der Waals surface area (Å²) >= 11 is 0. The average molecular weight is 218 g/mol. The Kier molecular flexibility index (Phi) is 10.3. The predicted molar refractivity (Wildman–Crippen MR) is 63.3 cm³/mol. The number of hydrogen-bond donors (Lipinski definition) is 1. The van der Waals surface area contributed by atoms with Crippen molar-refractivity contribution in [2.45, 2.75) is 19.9 Å². The van der Waals surface area contributed by atoms with Crippen molar-refractivity contribution in [3.8, 4) is 0 Å². The van der Waals surface area contributed by atoms with E-state index in [1.54, 1.807) is 7.11 Å². The van der Waals surface area contributed by atoms with Crippen molar-refractivity contribution in [3.05, 3.63) is 0 Å². The van der Waals surface area contributed by atoms with Gasteiger partial charge < -0.3 is 19.7 Å². The van der Waals surface area contributed by atoms with Crippen molar-refractivity contribution in [1.82, 2.24) is 10.2 Å². The monoisotopic (exact) mass is 218 g/mol. The molecular weight excluding hydrogens is 192 g/mol. The Labute approximate surface area is 93.9 Å². The number of ether oxygens (including phenoxy) is 2. The Balaban J connectivity index is 3.20. The van der Waals surface area contributed by atoms with Crippen LogP contribution in [0.15, 0.2) is 0 Å². The molecule has 4 nitrogen and oxygen atoms in total. The quantitative estimate of drug-likeness (QED) is 0.544. The molecule has 0 aliphatic rings. The van der Waals surface area contributed by atoms with Gasteiger partial charge in [0.15, 0.2) is 0 Å². The fourth-order valence-corrected chi connectivity index (χ4v) is 1.28. The van der Waals surface area contributed by atoms with Crippen LogP contribution in [0, 0.1) is 0 Å². The lowest BCUT2D eigenvalue weighted by molar-refractivity contribution is 0.0708. The van der Waals surface area contributed by atoms with Gasteiger partial charge in [-0.05, 0) is 20.5 Å². The molecule has 0 heterocycles. The van der Waals surface area contributed by atoms with Gasteiger partial charge in [-0.2, -0.15) is 0 Å². The molecule has 0 aliphatic heterocycles. The first-order chi connectivity index (χ1) is 7.20. The van der Waals surface area contributed by atoms with Crippen LogP contribution >= 0.6 is 0 Å². The first-order valence-electron chi connectivity index (χ1n) is 5.69. The number of nitrogens with zero attached hydrogens (tertiary/aromatic N) is 1. The first kappa shape index (κ1) is 14.8. The minimum Gasteiger partial charge on any atom is -0.382 e. The van der Waals surface area contributed by atoms with Crippen LogP contribution < -0.4 is 5.32 Å². The highest BCUT2D eigenvalue weighted by atomic mass is 16.5. The summed E-state index contributed by atoms with van der Waals surface area (Å²) in [5.41, 5.74) is 0. The lowest BCUT2D eigenvalue weighted by Gasteiger charge is -2.20. The molecule has 0 radical (unpaired) electrons. The number of hydrogen-bond acceptors (Lipinski definition) is 4. The van der Waals surface area contributed by atoms with Crippen LogP contribution in [0.2, 0.25) is 0 Å². The van der Waals surface area contributed by atoms with Crippen LogP contribution in [0.25, 0.3) is 0 Å². The zero-order valence-corrected chi connectivity index (χ0v) is 10.6. The van der Waals surface area contributed by atoms with E-state index in [1.165, 1.54) is 0 Å². The minimum absolute atomic E-state index is 0.515. The van der Waals surface area contributed by atoms with Gasteiger partial charge in [-0.25, -0.2) is 0 Å². The summed E-state index contributed by atoms with van der Waals surface area (Å²) in [6, 6.07) is 0.515. The van der Waals surface area contributed by atoms with Crippen LogP contribution in [-0.4, -0.2) is 64.6 Å². The van der Waals surface area contributed by atoms with E-state index < -0.39 is 0 Å². The van der Waals surface area contributed by atoms with E-state index in [4.69, 9.17) is 9.47 Å². The summed E-state index contributed by atoms with van der Waals surface area (Å²) in [6.45, 7) is 9.55. The minimum atomic E-state index is 0.515. The van der Waals surface area contributed by atoms with E-state index in [0.29, 0.717) is 19.3 Å². The molecule has 0 aromatic heterocycles. The van der Waals surface area contributed by atoms with Gasteiger partial charge in [0.1, 0.15) is 0 Å². The third kappa shape index (κ3) is 10.1. The molecule has 0 saturated carbocycles. The molecule has 1 atom stereocenters. The molecule has 0 aromatic carbocycles. The number of nitrogens with one attached hydrogen (secondary N) is 1. The fraction of sp³-hybridized carbons (Fsp3) is 1.00. The Hall–Kier alpha value is -0.160. The van der Waals surface area contributed by atoms with Gasteiger partial charge in [-0.3, -0.25) is 0 Å². The molecule has 15 heavy (non-hydrogen) atoms. The van der Waals surface area contributed by atoms with Crippen molar-refractivity contribution >= 4 is 0 Å². The molecule has 0 spiro atoms. The maximum absolute atomic E-state index is 5.35. The second kappa shape index (κ2) is 10.4. The fourth-order valence-electron chi connectivity index (χ4n) is 1.28. The maximum atomic E-state index is 5.35. The Morgan fingerprint density at radius 3 is 2.60 bits per heavy atom. The lowest BCUT2D eigenvalue weighted by Crippen LogP contribution is -2.38. The molecule has 92 valence electrons. The normalized spacial score (nSPS) is 13.4. The maximum Gasteiger partial charge on any atom is 0.0700 e. The molecule has 0 fully saturated rings. The van der Waals surface area contributed by atoms with Crippen LogP contribution in [0.1, 0.15) is 13.8 Å². The van der Waals surface area contributed by atoms with E-state index in [0.717, 1.165) is 26.2 Å². The highest BCUT2D eigenvalue weighted by molar-refractivity contribution is 4.63. The molecule has 1 unspecified atom stereocenters. The van der Waals surface area contributed by atoms with Crippen LogP contribution in [0.5, 0.6) is 0 Å². The predicted octanol–water partition coefficient (Wildman–Crippen LogP) is 0.579. The van der Waals surface area contributed by atoms with Gasteiger partial charge in [0.25, 0.3) is 0 Å². The van der Waals surface area contributed by atoms with Gasteiger partial charge in [0.2, 0.25) is 0 Å². The zero-order chi connectivity index (χ0) is 11.5. The van der Waals surface area contributed by atoms with E-state index in [9.17, 15) is 0 Å². The molecular formula is C11H26N2O2.